The average Bonchev–Trinajstić information content (AvgIpc) is 2.62. The van der Waals surface area contributed by atoms with Gasteiger partial charge in [0.05, 0.1) is 0 Å². The molecule has 0 heterocycles. The van der Waals surface area contributed by atoms with Gasteiger partial charge in [0.25, 0.3) is 0 Å². The summed E-state index contributed by atoms with van der Waals surface area (Å²) < 4.78 is 0. The Kier molecular flexibility index (Phi) is 2.12. The van der Waals surface area contributed by atoms with Crippen LogP contribution in [0.4, 0.5) is 0 Å². The molecule has 0 radical (unpaired) electrons. The summed E-state index contributed by atoms with van der Waals surface area (Å²) in [7, 11) is 0. The molecule has 0 aromatic heterocycles. The molecule has 4 aromatic rings. The van der Waals surface area contributed by atoms with Crippen LogP contribution in [0.5, 0.6) is 0 Å². The Balaban J connectivity index is 2.55. The molecule has 2 heteroatoms. The Bertz CT molecular complexity index is 989. The molecule has 0 aliphatic carbocycles. The standard InChI is InChI=1S/C17H10OS/c18-17-13-8-4-3-6-11(13)12-7-2-1-5-10-9-14(19)16(17)15(10)12/h1-9,19H. The van der Waals surface area contributed by atoms with Crippen LogP contribution in [0, 0.1) is 0 Å². The first-order chi connectivity index (χ1) is 9.27. The number of hydrogen-bond acceptors (Lipinski definition) is 2. The second-order valence-corrected chi connectivity index (χ2v) is 5.22. The van der Waals surface area contributed by atoms with Crippen molar-refractivity contribution in [2.75, 3.05) is 0 Å². The van der Waals surface area contributed by atoms with Gasteiger partial charge in [-0.15, -0.1) is 12.6 Å². The minimum Gasteiger partial charge on any atom is -0.289 e. The fraction of sp³-hybridized carbons (Fsp3) is 0. The molecule has 4 aromatic carbocycles. The molecule has 0 saturated heterocycles. The fourth-order valence-corrected chi connectivity index (χ4v) is 3.24. The van der Waals surface area contributed by atoms with Gasteiger partial charge in [-0.3, -0.25) is 4.79 Å². The van der Waals surface area contributed by atoms with Crippen molar-refractivity contribution >= 4 is 44.9 Å². The van der Waals surface area contributed by atoms with Gasteiger partial charge in [0.15, 0.2) is 5.43 Å². The largest absolute Gasteiger partial charge is 0.289 e. The van der Waals surface area contributed by atoms with Crippen LogP contribution in [0.25, 0.3) is 32.3 Å². The SMILES string of the molecule is O=c1c2ccccc2c2ccccc3cc(S)c1c32. The van der Waals surface area contributed by atoms with Gasteiger partial charge in [0.2, 0.25) is 0 Å². The quantitative estimate of drug-likeness (QED) is 0.469. The molecular weight excluding hydrogens is 252 g/mol. The third-order valence-corrected chi connectivity index (χ3v) is 4.05. The van der Waals surface area contributed by atoms with Crippen molar-refractivity contribution in [3.05, 3.63) is 64.8 Å². The van der Waals surface area contributed by atoms with Crippen LogP contribution < -0.4 is 5.43 Å². The van der Waals surface area contributed by atoms with E-state index in [2.05, 4.69) is 18.7 Å². The summed E-state index contributed by atoms with van der Waals surface area (Å²) in [5.41, 5.74) is 0.0781. The highest BCUT2D eigenvalue weighted by Gasteiger charge is 2.14. The van der Waals surface area contributed by atoms with Crippen LogP contribution >= 0.6 is 12.6 Å². The molecule has 0 atom stereocenters. The van der Waals surface area contributed by atoms with E-state index in [1.54, 1.807) is 0 Å². The summed E-state index contributed by atoms with van der Waals surface area (Å²) >= 11 is 4.47. The summed E-state index contributed by atoms with van der Waals surface area (Å²) in [5, 5.41) is 5.74. The van der Waals surface area contributed by atoms with Crippen LogP contribution in [0.1, 0.15) is 0 Å². The molecule has 0 aliphatic rings. The zero-order valence-corrected chi connectivity index (χ0v) is 10.9. The zero-order valence-electron chi connectivity index (χ0n) is 10.1. The molecule has 0 aliphatic heterocycles. The summed E-state index contributed by atoms with van der Waals surface area (Å²) in [5.74, 6) is 0. The van der Waals surface area contributed by atoms with E-state index in [1.807, 2.05) is 48.5 Å². The Morgan fingerprint density at radius 2 is 1.37 bits per heavy atom. The zero-order chi connectivity index (χ0) is 13.0. The van der Waals surface area contributed by atoms with E-state index in [-0.39, 0.29) is 5.43 Å². The van der Waals surface area contributed by atoms with Gasteiger partial charge in [-0.2, -0.15) is 0 Å². The van der Waals surface area contributed by atoms with Gasteiger partial charge in [0.1, 0.15) is 0 Å². The van der Waals surface area contributed by atoms with E-state index in [0.717, 1.165) is 37.2 Å². The van der Waals surface area contributed by atoms with Crippen LogP contribution in [0.2, 0.25) is 0 Å². The van der Waals surface area contributed by atoms with Crippen LogP contribution in [-0.2, 0) is 0 Å². The highest BCUT2D eigenvalue weighted by molar-refractivity contribution is 7.80. The lowest BCUT2D eigenvalue weighted by Crippen LogP contribution is -2.01. The van der Waals surface area contributed by atoms with Crippen molar-refractivity contribution in [1.82, 2.24) is 0 Å². The first-order valence-corrected chi connectivity index (χ1v) is 6.61. The van der Waals surface area contributed by atoms with Crippen molar-refractivity contribution in [2.24, 2.45) is 0 Å². The lowest BCUT2D eigenvalue weighted by Gasteiger charge is -2.02. The van der Waals surface area contributed by atoms with E-state index in [0.29, 0.717) is 0 Å². The molecule has 0 unspecified atom stereocenters. The normalized spacial score (nSPS) is 11.6. The molecule has 4 rings (SSSR count). The maximum Gasteiger partial charge on any atom is 0.195 e. The molecule has 1 nitrogen and oxygen atoms in total. The predicted molar refractivity (Wildman–Crippen MR) is 83.7 cm³/mol. The van der Waals surface area contributed by atoms with Crippen molar-refractivity contribution in [2.45, 2.75) is 4.90 Å². The van der Waals surface area contributed by atoms with Gasteiger partial charge >= 0.3 is 0 Å². The number of thiol groups is 1. The molecule has 0 fully saturated rings. The summed E-state index contributed by atoms with van der Waals surface area (Å²) in [6.07, 6.45) is 0. The second-order valence-electron chi connectivity index (χ2n) is 4.74. The van der Waals surface area contributed by atoms with Gasteiger partial charge in [0, 0.05) is 21.1 Å². The Morgan fingerprint density at radius 3 is 2.16 bits per heavy atom. The minimum atomic E-state index is 0.0781. The molecule has 0 saturated carbocycles. The molecule has 0 N–H and O–H groups in total. The minimum absolute atomic E-state index is 0.0781. The number of fused-ring (bicyclic) bond motifs is 2. The first kappa shape index (κ1) is 10.8. The maximum absolute atomic E-state index is 12.6. The topological polar surface area (TPSA) is 17.1 Å². The number of benzene rings is 2. The third-order valence-electron chi connectivity index (χ3n) is 3.70. The van der Waals surface area contributed by atoms with Gasteiger partial charge in [-0.05, 0) is 22.2 Å². The van der Waals surface area contributed by atoms with E-state index in [9.17, 15) is 4.79 Å². The highest BCUT2D eigenvalue weighted by Crippen LogP contribution is 2.34. The van der Waals surface area contributed by atoms with Crippen LogP contribution in [-0.4, -0.2) is 0 Å². The monoisotopic (exact) mass is 262 g/mol. The lowest BCUT2D eigenvalue weighted by atomic mass is 10.0. The van der Waals surface area contributed by atoms with Gasteiger partial charge in [-0.25, -0.2) is 0 Å². The molecule has 0 bridgehead atoms. The Morgan fingerprint density at radius 1 is 0.737 bits per heavy atom. The predicted octanol–water partition coefficient (Wildman–Crippen LogP) is 4.23. The Labute approximate surface area is 115 Å². The van der Waals surface area contributed by atoms with Crippen molar-refractivity contribution in [1.29, 1.82) is 0 Å². The Hall–Kier alpha value is -2.06. The van der Waals surface area contributed by atoms with E-state index in [1.165, 1.54) is 0 Å². The molecular formula is C17H10OS. The lowest BCUT2D eigenvalue weighted by molar-refractivity contribution is 1.63. The molecule has 90 valence electrons. The van der Waals surface area contributed by atoms with Crippen molar-refractivity contribution < 1.29 is 0 Å². The first-order valence-electron chi connectivity index (χ1n) is 6.16. The summed E-state index contributed by atoms with van der Waals surface area (Å²) in [4.78, 5) is 13.4. The van der Waals surface area contributed by atoms with E-state index in [4.69, 9.17) is 0 Å². The number of hydrogen-bond donors (Lipinski definition) is 1. The van der Waals surface area contributed by atoms with E-state index >= 15 is 0 Å². The maximum atomic E-state index is 12.6. The van der Waals surface area contributed by atoms with Crippen LogP contribution in [0.3, 0.4) is 0 Å². The smallest absolute Gasteiger partial charge is 0.195 e. The summed E-state index contributed by atoms with van der Waals surface area (Å²) in [6, 6.07) is 17.9. The molecule has 0 spiro atoms. The van der Waals surface area contributed by atoms with E-state index < -0.39 is 0 Å². The summed E-state index contributed by atoms with van der Waals surface area (Å²) in [6.45, 7) is 0. The molecule has 19 heavy (non-hydrogen) atoms. The number of rotatable bonds is 0. The third kappa shape index (κ3) is 1.35. The van der Waals surface area contributed by atoms with Gasteiger partial charge in [-0.1, -0.05) is 48.5 Å². The molecule has 0 amide bonds. The van der Waals surface area contributed by atoms with Crippen molar-refractivity contribution in [3.8, 4) is 0 Å². The van der Waals surface area contributed by atoms with Crippen molar-refractivity contribution in [3.63, 3.8) is 0 Å². The van der Waals surface area contributed by atoms with Crippen LogP contribution in [0.15, 0.2) is 64.3 Å². The second kappa shape index (κ2) is 3.72. The fourth-order valence-electron chi connectivity index (χ4n) is 2.88. The van der Waals surface area contributed by atoms with Gasteiger partial charge < -0.3 is 0 Å². The highest BCUT2D eigenvalue weighted by atomic mass is 32.1. The average molecular weight is 262 g/mol.